The van der Waals surface area contributed by atoms with Gasteiger partial charge in [-0.05, 0) is 85.5 Å². The van der Waals surface area contributed by atoms with Crippen molar-refractivity contribution in [1.82, 2.24) is 0 Å². The van der Waals surface area contributed by atoms with Crippen LogP contribution in [0.2, 0.25) is 5.02 Å². The number of hydrogen-bond acceptors (Lipinski definition) is 5. The second kappa shape index (κ2) is 11.3. The number of rotatable bonds is 8. The monoisotopic (exact) mass is 476 g/mol. The second-order valence-electron chi connectivity index (χ2n) is 7.64. The molecule has 0 unspecified atom stereocenters. The number of aryl methyl sites for hydroxylation is 2. The first kappa shape index (κ1) is 24.7. The molecule has 3 aromatic rings. The lowest BCUT2D eigenvalue weighted by Gasteiger charge is -2.15. The third kappa shape index (κ3) is 6.31. The van der Waals surface area contributed by atoms with E-state index in [1.807, 2.05) is 32.0 Å². The molecule has 174 valence electrons. The normalized spacial score (nSPS) is 11.0. The van der Waals surface area contributed by atoms with Crippen molar-refractivity contribution < 1.29 is 19.4 Å². The van der Waals surface area contributed by atoms with E-state index in [2.05, 4.69) is 18.3 Å². The van der Waals surface area contributed by atoms with Crippen LogP contribution in [0.15, 0.2) is 60.2 Å². The Morgan fingerprint density at radius 2 is 1.82 bits per heavy atom. The van der Waals surface area contributed by atoms with Gasteiger partial charge in [0.25, 0.3) is 5.91 Å². The molecular formula is C27H25ClN2O4. The molecule has 0 atom stereocenters. The van der Waals surface area contributed by atoms with Crippen LogP contribution in [0.4, 0.5) is 5.69 Å². The van der Waals surface area contributed by atoms with E-state index >= 15 is 0 Å². The van der Waals surface area contributed by atoms with Crippen molar-refractivity contribution in [3.8, 4) is 23.3 Å². The van der Waals surface area contributed by atoms with E-state index in [1.54, 1.807) is 12.1 Å². The molecule has 0 heterocycles. The topological polar surface area (TPSA) is 91.6 Å². The van der Waals surface area contributed by atoms with Crippen LogP contribution in [0.5, 0.6) is 17.2 Å². The van der Waals surface area contributed by atoms with Gasteiger partial charge in [0.05, 0.1) is 11.6 Å². The summed E-state index contributed by atoms with van der Waals surface area (Å²) in [5.41, 5.74) is 4.23. The highest BCUT2D eigenvalue weighted by molar-refractivity contribution is 6.32. The number of nitrogens with zero attached hydrogens (tertiary/aromatic N) is 1. The summed E-state index contributed by atoms with van der Waals surface area (Å²) in [5, 5.41) is 21.8. The predicted octanol–water partition coefficient (Wildman–Crippen LogP) is 6.19. The molecule has 0 saturated carbocycles. The number of carbonyl (C=O) groups is 1. The van der Waals surface area contributed by atoms with E-state index in [0.717, 1.165) is 5.56 Å². The molecule has 0 saturated heterocycles. The zero-order chi connectivity index (χ0) is 24.7. The summed E-state index contributed by atoms with van der Waals surface area (Å²) in [6, 6.07) is 17.3. The molecule has 6 nitrogen and oxygen atoms in total. The SMILES string of the molecule is CCOc1cc(/C=C(\C#N)C(=O)Nc2ccc(O)cc2)cc(Cl)c1OCc1ccc(C)c(C)c1. The number of carbonyl (C=O) groups excluding carboxylic acids is 1. The number of amides is 1. The lowest BCUT2D eigenvalue weighted by Crippen LogP contribution is -2.13. The molecule has 3 aromatic carbocycles. The summed E-state index contributed by atoms with van der Waals surface area (Å²) in [4.78, 5) is 12.6. The van der Waals surface area contributed by atoms with Crippen molar-refractivity contribution in [2.24, 2.45) is 0 Å². The highest BCUT2D eigenvalue weighted by atomic mass is 35.5. The maximum absolute atomic E-state index is 12.6. The number of anilines is 1. The number of ether oxygens (including phenoxy) is 2. The van der Waals surface area contributed by atoms with Crippen LogP contribution < -0.4 is 14.8 Å². The fourth-order valence-corrected chi connectivity index (χ4v) is 3.46. The summed E-state index contributed by atoms with van der Waals surface area (Å²) in [6.07, 6.45) is 1.43. The first-order valence-corrected chi connectivity index (χ1v) is 11.1. The Morgan fingerprint density at radius 1 is 1.09 bits per heavy atom. The third-order valence-electron chi connectivity index (χ3n) is 5.09. The highest BCUT2D eigenvalue weighted by Gasteiger charge is 2.15. The van der Waals surface area contributed by atoms with Crippen molar-refractivity contribution in [1.29, 1.82) is 5.26 Å². The molecule has 0 spiro atoms. The molecule has 0 fully saturated rings. The van der Waals surface area contributed by atoms with E-state index < -0.39 is 5.91 Å². The number of halogens is 1. The van der Waals surface area contributed by atoms with Crippen molar-refractivity contribution >= 4 is 29.3 Å². The Hall–Kier alpha value is -3.95. The van der Waals surface area contributed by atoms with Crippen LogP contribution in [0.1, 0.15) is 29.2 Å². The lowest BCUT2D eigenvalue weighted by molar-refractivity contribution is -0.112. The van der Waals surface area contributed by atoms with Crippen molar-refractivity contribution in [3.05, 3.63) is 87.4 Å². The fraction of sp³-hybridized carbons (Fsp3) is 0.185. The lowest BCUT2D eigenvalue weighted by atomic mass is 10.1. The number of nitrogens with one attached hydrogen (secondary N) is 1. The number of benzene rings is 3. The fourth-order valence-electron chi connectivity index (χ4n) is 3.18. The number of aromatic hydroxyl groups is 1. The maximum atomic E-state index is 12.6. The molecule has 2 N–H and O–H groups in total. The third-order valence-corrected chi connectivity index (χ3v) is 5.37. The Balaban J connectivity index is 1.84. The van der Waals surface area contributed by atoms with Gasteiger partial charge in [0.2, 0.25) is 0 Å². The van der Waals surface area contributed by atoms with Crippen LogP contribution in [-0.4, -0.2) is 17.6 Å². The van der Waals surface area contributed by atoms with Crippen molar-refractivity contribution in [2.45, 2.75) is 27.4 Å². The molecule has 0 aliphatic heterocycles. The van der Waals surface area contributed by atoms with E-state index in [1.165, 1.54) is 41.5 Å². The minimum atomic E-state index is -0.586. The quantitative estimate of drug-likeness (QED) is 0.230. The van der Waals surface area contributed by atoms with Gasteiger partial charge in [0, 0.05) is 5.69 Å². The summed E-state index contributed by atoms with van der Waals surface area (Å²) < 4.78 is 11.7. The summed E-state index contributed by atoms with van der Waals surface area (Å²) in [5.74, 6) is 0.302. The van der Waals surface area contributed by atoms with Crippen molar-refractivity contribution in [3.63, 3.8) is 0 Å². The van der Waals surface area contributed by atoms with Gasteiger partial charge in [-0.3, -0.25) is 4.79 Å². The second-order valence-corrected chi connectivity index (χ2v) is 8.05. The summed E-state index contributed by atoms with van der Waals surface area (Å²) in [6.45, 7) is 6.64. The van der Waals surface area contributed by atoms with Gasteiger partial charge in [0.1, 0.15) is 24.0 Å². The van der Waals surface area contributed by atoms with Crippen LogP contribution in [0.3, 0.4) is 0 Å². The molecule has 0 aromatic heterocycles. The van der Waals surface area contributed by atoms with Gasteiger partial charge in [-0.2, -0.15) is 5.26 Å². The average Bonchev–Trinajstić information content (AvgIpc) is 2.80. The smallest absolute Gasteiger partial charge is 0.266 e. The van der Waals surface area contributed by atoms with Crippen LogP contribution in [0.25, 0.3) is 6.08 Å². The number of phenolic OH excluding ortho intramolecular Hbond substituents is 1. The highest BCUT2D eigenvalue weighted by Crippen LogP contribution is 2.38. The molecule has 0 bridgehead atoms. The van der Waals surface area contributed by atoms with E-state index in [0.29, 0.717) is 41.0 Å². The van der Waals surface area contributed by atoms with E-state index in [-0.39, 0.29) is 11.3 Å². The Kier molecular flexibility index (Phi) is 8.18. The van der Waals surface area contributed by atoms with Gasteiger partial charge in [-0.1, -0.05) is 29.8 Å². The zero-order valence-corrected chi connectivity index (χ0v) is 19.9. The summed E-state index contributed by atoms with van der Waals surface area (Å²) in [7, 11) is 0. The molecule has 3 rings (SSSR count). The van der Waals surface area contributed by atoms with Crippen LogP contribution in [-0.2, 0) is 11.4 Å². The molecule has 0 radical (unpaired) electrons. The minimum absolute atomic E-state index is 0.0759. The van der Waals surface area contributed by atoms with Crippen LogP contribution in [0, 0.1) is 25.2 Å². The van der Waals surface area contributed by atoms with E-state index in [9.17, 15) is 15.2 Å². The Bertz CT molecular complexity index is 1260. The molecule has 7 heteroatoms. The largest absolute Gasteiger partial charge is 0.508 e. The standard InChI is InChI=1S/C27H25ClN2O4/c1-4-33-25-14-20(12-21(15-29)27(32)30-22-7-9-23(31)10-8-22)13-24(28)26(25)34-16-19-6-5-17(2)18(3)11-19/h5-14,31H,4,16H2,1-3H3,(H,30,32)/b21-12+. The maximum Gasteiger partial charge on any atom is 0.266 e. The van der Waals surface area contributed by atoms with Gasteiger partial charge < -0.3 is 19.9 Å². The molecule has 0 aliphatic carbocycles. The molecular weight excluding hydrogens is 452 g/mol. The predicted molar refractivity (Wildman–Crippen MR) is 133 cm³/mol. The zero-order valence-electron chi connectivity index (χ0n) is 19.2. The minimum Gasteiger partial charge on any atom is -0.508 e. The Labute approximate surface area is 204 Å². The number of nitriles is 1. The molecule has 34 heavy (non-hydrogen) atoms. The van der Waals surface area contributed by atoms with Crippen molar-refractivity contribution in [2.75, 3.05) is 11.9 Å². The first-order valence-electron chi connectivity index (χ1n) is 10.7. The van der Waals surface area contributed by atoms with Gasteiger partial charge in [-0.25, -0.2) is 0 Å². The molecule has 1 amide bonds. The average molecular weight is 477 g/mol. The first-order chi connectivity index (χ1) is 16.3. The Morgan fingerprint density at radius 3 is 2.47 bits per heavy atom. The number of hydrogen-bond donors (Lipinski definition) is 2. The van der Waals surface area contributed by atoms with Crippen LogP contribution >= 0.6 is 11.6 Å². The summed E-state index contributed by atoms with van der Waals surface area (Å²) >= 11 is 6.50. The molecule has 0 aliphatic rings. The van der Waals surface area contributed by atoms with Gasteiger partial charge >= 0.3 is 0 Å². The number of phenols is 1. The van der Waals surface area contributed by atoms with E-state index in [4.69, 9.17) is 21.1 Å². The van der Waals surface area contributed by atoms with Gasteiger partial charge in [0.15, 0.2) is 11.5 Å². The van der Waals surface area contributed by atoms with Gasteiger partial charge in [-0.15, -0.1) is 0 Å².